The number of rotatable bonds is 15. The van der Waals surface area contributed by atoms with Gasteiger partial charge in [-0.1, -0.05) is 67.7 Å². The van der Waals surface area contributed by atoms with Gasteiger partial charge in [-0.3, -0.25) is 14.6 Å². The third-order valence-electron chi connectivity index (χ3n) is 6.22. The molecule has 0 saturated carbocycles. The van der Waals surface area contributed by atoms with E-state index >= 15 is 0 Å². The molecule has 36 heavy (non-hydrogen) atoms. The summed E-state index contributed by atoms with van der Waals surface area (Å²) in [7, 11) is 1.86. The van der Waals surface area contributed by atoms with Gasteiger partial charge in [0.1, 0.15) is 0 Å². The molecule has 1 aromatic heterocycles. The molecule has 2 rings (SSSR count). The van der Waals surface area contributed by atoms with Crippen molar-refractivity contribution in [2.45, 2.75) is 70.8 Å². The number of carbonyl (C=O) groups excluding carboxylic acids is 2. The molecule has 1 atom stereocenters. The van der Waals surface area contributed by atoms with Gasteiger partial charge in [-0.15, -0.1) is 0 Å². The molecule has 2 heterocycles. The quantitative estimate of drug-likeness (QED) is 0.204. The van der Waals surface area contributed by atoms with Crippen molar-refractivity contribution < 1.29 is 9.59 Å². The van der Waals surface area contributed by atoms with Crippen LogP contribution in [0.25, 0.3) is 0 Å². The SMILES string of the molecule is CCC=CCC=CCC=CCC=CCC=CCCCC(=O)N(C)[C@H]1CCN(C(=O)c2cccnc2)C1. The van der Waals surface area contributed by atoms with Crippen LogP contribution in [0, 0.1) is 0 Å². The molecular weight excluding hydrogens is 446 g/mol. The maximum atomic E-state index is 12.6. The zero-order valence-corrected chi connectivity index (χ0v) is 22.1. The van der Waals surface area contributed by atoms with Gasteiger partial charge in [0.25, 0.3) is 5.91 Å². The number of unbranched alkanes of at least 4 members (excludes halogenated alkanes) is 1. The van der Waals surface area contributed by atoms with E-state index in [1.807, 2.05) is 16.8 Å². The first kappa shape index (κ1) is 29.0. The van der Waals surface area contributed by atoms with Gasteiger partial charge in [0.15, 0.2) is 0 Å². The zero-order valence-electron chi connectivity index (χ0n) is 22.1. The molecule has 5 heteroatoms. The molecule has 0 N–H and O–H groups in total. The monoisotopic (exact) mass is 489 g/mol. The third kappa shape index (κ3) is 11.5. The molecule has 1 aliphatic heterocycles. The number of likely N-dealkylation sites (N-methyl/N-ethyl adjacent to an activating group) is 1. The maximum absolute atomic E-state index is 12.6. The molecule has 1 saturated heterocycles. The first-order chi connectivity index (χ1) is 17.6. The minimum atomic E-state index is -0.00941. The van der Waals surface area contributed by atoms with Crippen molar-refractivity contribution in [1.82, 2.24) is 14.8 Å². The number of hydrogen-bond acceptors (Lipinski definition) is 3. The van der Waals surface area contributed by atoms with E-state index in [1.165, 1.54) is 0 Å². The topological polar surface area (TPSA) is 53.5 Å². The summed E-state index contributed by atoms with van der Waals surface area (Å²) in [5, 5.41) is 0. The Hall–Kier alpha value is -3.21. The summed E-state index contributed by atoms with van der Waals surface area (Å²) in [6, 6.07) is 3.64. The van der Waals surface area contributed by atoms with Crippen LogP contribution in [0.2, 0.25) is 0 Å². The largest absolute Gasteiger partial charge is 0.341 e. The standard InChI is InChI=1S/C31H43N3O2/c1-3-4-5-6-7-8-9-10-11-12-13-14-15-16-17-18-19-22-30(35)33(2)29-23-25-34(27-29)31(36)28-21-20-24-32-26-28/h4-5,7-8,10-11,13-14,16-17,20-21,24,26,29H,3,6,9,12,15,18-19,22-23,25,27H2,1-2H3/t29-/m0/s1. The highest BCUT2D eigenvalue weighted by Gasteiger charge is 2.31. The molecule has 0 unspecified atom stereocenters. The summed E-state index contributed by atoms with van der Waals surface area (Å²) in [4.78, 5) is 32.9. The predicted molar refractivity (Wildman–Crippen MR) is 150 cm³/mol. The van der Waals surface area contributed by atoms with E-state index in [0.717, 1.165) is 51.4 Å². The fourth-order valence-corrected chi connectivity index (χ4v) is 4.03. The normalized spacial score (nSPS) is 16.5. The molecule has 194 valence electrons. The molecule has 5 nitrogen and oxygen atoms in total. The van der Waals surface area contributed by atoms with Crippen molar-refractivity contribution in [1.29, 1.82) is 0 Å². The van der Waals surface area contributed by atoms with E-state index in [1.54, 1.807) is 24.5 Å². The van der Waals surface area contributed by atoms with E-state index in [9.17, 15) is 9.59 Å². The Balaban J connectivity index is 1.53. The number of hydrogen-bond donors (Lipinski definition) is 0. The maximum Gasteiger partial charge on any atom is 0.255 e. The molecule has 0 radical (unpaired) electrons. The van der Waals surface area contributed by atoms with Crippen LogP contribution in [0.4, 0.5) is 0 Å². The van der Waals surface area contributed by atoms with Crippen molar-refractivity contribution in [2.24, 2.45) is 0 Å². The average molecular weight is 490 g/mol. The Morgan fingerprint density at radius 1 is 0.972 bits per heavy atom. The lowest BCUT2D eigenvalue weighted by Gasteiger charge is -2.25. The molecular formula is C31H43N3O2. The van der Waals surface area contributed by atoms with Gasteiger partial charge < -0.3 is 9.80 Å². The van der Waals surface area contributed by atoms with Crippen molar-refractivity contribution in [3.8, 4) is 0 Å². The van der Waals surface area contributed by atoms with Gasteiger partial charge in [-0.25, -0.2) is 0 Å². The first-order valence-corrected chi connectivity index (χ1v) is 13.3. The Kier molecular flexibility index (Phi) is 14.6. The zero-order chi connectivity index (χ0) is 25.8. The average Bonchev–Trinajstić information content (AvgIpc) is 3.40. The second-order valence-corrected chi connectivity index (χ2v) is 9.04. The second kappa shape index (κ2) is 18.1. The molecule has 2 amide bonds. The van der Waals surface area contributed by atoms with Crippen LogP contribution in [0.3, 0.4) is 0 Å². The van der Waals surface area contributed by atoms with Gasteiger partial charge >= 0.3 is 0 Å². The minimum absolute atomic E-state index is 0.00941. The predicted octanol–water partition coefficient (Wildman–Crippen LogP) is 6.68. The molecule has 1 aromatic rings. The summed E-state index contributed by atoms with van der Waals surface area (Å²) < 4.78 is 0. The van der Waals surface area contributed by atoms with Crippen molar-refractivity contribution in [3.05, 3.63) is 90.9 Å². The van der Waals surface area contributed by atoms with Crippen LogP contribution in [0.15, 0.2) is 85.3 Å². The summed E-state index contributed by atoms with van der Waals surface area (Å²) in [5.41, 5.74) is 0.601. The van der Waals surface area contributed by atoms with Gasteiger partial charge in [0.05, 0.1) is 11.6 Å². The molecule has 0 aliphatic carbocycles. The van der Waals surface area contributed by atoms with Crippen LogP contribution >= 0.6 is 0 Å². The van der Waals surface area contributed by atoms with Crippen LogP contribution in [0.1, 0.15) is 75.1 Å². The van der Waals surface area contributed by atoms with Crippen LogP contribution in [0.5, 0.6) is 0 Å². The van der Waals surface area contributed by atoms with Gasteiger partial charge in [0.2, 0.25) is 5.91 Å². The lowest BCUT2D eigenvalue weighted by molar-refractivity contribution is -0.131. The molecule has 0 aromatic carbocycles. The second-order valence-electron chi connectivity index (χ2n) is 9.04. The lowest BCUT2D eigenvalue weighted by atomic mass is 10.1. The van der Waals surface area contributed by atoms with Gasteiger partial charge in [0, 0.05) is 39.0 Å². The lowest BCUT2D eigenvalue weighted by Crippen LogP contribution is -2.40. The summed E-state index contributed by atoms with van der Waals surface area (Å²) in [6.45, 7) is 3.41. The molecule has 1 aliphatic rings. The smallest absolute Gasteiger partial charge is 0.255 e. The molecule has 0 spiro atoms. The Labute approximate surface area is 218 Å². The number of carbonyl (C=O) groups is 2. The summed E-state index contributed by atoms with van der Waals surface area (Å²) >= 11 is 0. The highest BCUT2D eigenvalue weighted by atomic mass is 16.2. The van der Waals surface area contributed by atoms with Crippen LogP contribution in [-0.4, -0.2) is 52.8 Å². The number of aromatic nitrogens is 1. The van der Waals surface area contributed by atoms with Gasteiger partial charge in [-0.05, 0) is 63.5 Å². The Morgan fingerprint density at radius 3 is 2.17 bits per heavy atom. The van der Waals surface area contributed by atoms with E-state index in [0.29, 0.717) is 25.1 Å². The third-order valence-corrected chi connectivity index (χ3v) is 6.22. The van der Waals surface area contributed by atoms with Crippen molar-refractivity contribution in [3.63, 3.8) is 0 Å². The van der Waals surface area contributed by atoms with Crippen molar-refractivity contribution >= 4 is 11.8 Å². The van der Waals surface area contributed by atoms with E-state index in [2.05, 4.69) is 72.7 Å². The fraction of sp³-hybridized carbons (Fsp3) is 0.452. The number of nitrogens with zero attached hydrogens (tertiary/aromatic N) is 3. The summed E-state index contributed by atoms with van der Waals surface area (Å²) in [6.07, 6.45) is 33.3. The fourth-order valence-electron chi connectivity index (χ4n) is 4.03. The number of allylic oxidation sites excluding steroid dienone is 10. The highest BCUT2D eigenvalue weighted by Crippen LogP contribution is 2.18. The number of likely N-dealkylation sites (tertiary alicyclic amines) is 1. The number of amides is 2. The minimum Gasteiger partial charge on any atom is -0.341 e. The Morgan fingerprint density at radius 2 is 1.58 bits per heavy atom. The van der Waals surface area contributed by atoms with E-state index in [-0.39, 0.29) is 17.9 Å². The van der Waals surface area contributed by atoms with Crippen LogP contribution < -0.4 is 0 Å². The molecule has 1 fully saturated rings. The van der Waals surface area contributed by atoms with E-state index in [4.69, 9.17) is 0 Å². The van der Waals surface area contributed by atoms with Gasteiger partial charge in [-0.2, -0.15) is 0 Å². The number of pyridine rings is 1. The van der Waals surface area contributed by atoms with Crippen LogP contribution in [-0.2, 0) is 4.79 Å². The first-order valence-electron chi connectivity index (χ1n) is 13.3. The van der Waals surface area contributed by atoms with E-state index < -0.39 is 0 Å². The van der Waals surface area contributed by atoms with Crippen molar-refractivity contribution in [2.75, 3.05) is 20.1 Å². The molecule has 0 bridgehead atoms. The Bertz CT molecular complexity index is 915. The summed E-state index contributed by atoms with van der Waals surface area (Å²) in [5.74, 6) is 0.146. The highest BCUT2D eigenvalue weighted by molar-refractivity contribution is 5.94.